The second kappa shape index (κ2) is 47.5. The Morgan fingerprint density at radius 3 is 1.27 bits per heavy atom. The van der Waals surface area contributed by atoms with Gasteiger partial charge >= 0.3 is 11.9 Å². The van der Waals surface area contributed by atoms with Gasteiger partial charge in [-0.15, -0.1) is 0 Å². The third kappa shape index (κ3) is 44.8. The summed E-state index contributed by atoms with van der Waals surface area (Å²) in [5, 5.41) is 0. The highest BCUT2D eigenvalue weighted by Crippen LogP contribution is 2.14. The van der Waals surface area contributed by atoms with Crippen molar-refractivity contribution in [3.8, 4) is 0 Å². The number of hydrogen-bond donors (Lipinski definition) is 0. The van der Waals surface area contributed by atoms with Gasteiger partial charge in [0.2, 0.25) is 0 Å². The van der Waals surface area contributed by atoms with Crippen molar-refractivity contribution in [2.24, 2.45) is 0 Å². The lowest BCUT2D eigenvalue weighted by molar-refractivity contribution is -0.163. The first-order chi connectivity index (χ1) is 27.6. The van der Waals surface area contributed by atoms with Gasteiger partial charge in [0, 0.05) is 19.4 Å². The summed E-state index contributed by atoms with van der Waals surface area (Å²) in [5.74, 6) is -0.403. The normalized spacial score (nSPS) is 12.4. The molecule has 56 heavy (non-hydrogen) atoms. The van der Waals surface area contributed by atoms with Gasteiger partial charge in [-0.05, 0) is 70.6 Å². The van der Waals surface area contributed by atoms with Crippen LogP contribution in [0, 0.1) is 0 Å². The largest absolute Gasteiger partial charge is 0.462 e. The van der Waals surface area contributed by atoms with Crippen molar-refractivity contribution < 1.29 is 23.8 Å². The number of allylic oxidation sites excluding steroid dienone is 6. The minimum Gasteiger partial charge on any atom is -0.462 e. The van der Waals surface area contributed by atoms with Crippen LogP contribution in [0.4, 0.5) is 0 Å². The number of esters is 2. The average Bonchev–Trinajstić information content (AvgIpc) is 3.20. The summed E-state index contributed by atoms with van der Waals surface area (Å²) in [4.78, 5) is 25.2. The van der Waals surface area contributed by atoms with Crippen molar-refractivity contribution in [3.63, 3.8) is 0 Å². The zero-order chi connectivity index (χ0) is 40.7. The van der Waals surface area contributed by atoms with E-state index in [1.54, 1.807) is 0 Å². The quantitative estimate of drug-likeness (QED) is 0.0349. The van der Waals surface area contributed by atoms with Gasteiger partial charge in [0.15, 0.2) is 6.10 Å². The zero-order valence-electron chi connectivity index (χ0n) is 37.7. The third-order valence-electron chi connectivity index (χ3n) is 10.6. The minimum atomic E-state index is -0.535. The van der Waals surface area contributed by atoms with Crippen LogP contribution in [-0.2, 0) is 23.8 Å². The summed E-state index contributed by atoms with van der Waals surface area (Å²) in [7, 11) is 0. The highest BCUT2D eigenvalue weighted by atomic mass is 16.6. The minimum absolute atomic E-state index is 0.0833. The first kappa shape index (κ1) is 54.1. The van der Waals surface area contributed by atoms with E-state index in [9.17, 15) is 9.59 Å². The smallest absolute Gasteiger partial charge is 0.306 e. The van der Waals surface area contributed by atoms with E-state index < -0.39 is 6.10 Å². The monoisotopic (exact) mass is 787 g/mol. The van der Waals surface area contributed by atoms with E-state index >= 15 is 0 Å². The van der Waals surface area contributed by atoms with Crippen LogP contribution in [0.3, 0.4) is 0 Å². The Labute approximate surface area is 349 Å². The predicted octanol–water partition coefficient (Wildman–Crippen LogP) is 16.2. The molecule has 0 aliphatic rings. The molecule has 0 spiro atoms. The molecule has 5 nitrogen and oxygen atoms in total. The number of carbonyl (C=O) groups excluding carboxylic acids is 2. The predicted molar refractivity (Wildman–Crippen MR) is 242 cm³/mol. The third-order valence-corrected chi connectivity index (χ3v) is 10.6. The van der Waals surface area contributed by atoms with Crippen LogP contribution in [0.1, 0.15) is 252 Å². The van der Waals surface area contributed by atoms with E-state index in [2.05, 4.69) is 57.2 Å². The van der Waals surface area contributed by atoms with E-state index in [1.807, 2.05) is 0 Å². The first-order valence-corrected chi connectivity index (χ1v) is 24.5. The van der Waals surface area contributed by atoms with E-state index in [4.69, 9.17) is 14.2 Å². The summed E-state index contributed by atoms with van der Waals surface area (Å²) >= 11 is 0. The fourth-order valence-electron chi connectivity index (χ4n) is 6.95. The van der Waals surface area contributed by atoms with Crippen LogP contribution in [0.25, 0.3) is 0 Å². The van der Waals surface area contributed by atoms with Gasteiger partial charge in [-0.3, -0.25) is 9.59 Å². The molecule has 0 fully saturated rings. The maximum atomic E-state index is 12.6. The molecule has 0 aliphatic carbocycles. The number of unbranched alkanes of at least 4 members (excludes halogenated alkanes) is 28. The standard InChI is InChI=1S/C51H94O5/c1-4-7-10-13-16-18-20-22-24-25-26-27-28-29-31-33-36-38-41-44-50(52)55-48-49(56-51(53)45-42-39-35-15-12-9-6-3)47-54-46-43-40-37-34-32-30-23-21-19-17-14-11-8-5-2/h11,14,19,21-22,24,49H,4-10,12-13,15-18,20,23,25-48H2,1-3H3/b14-11-,21-19-,24-22-. The molecule has 328 valence electrons. The van der Waals surface area contributed by atoms with Crippen molar-refractivity contribution in [2.75, 3.05) is 19.8 Å². The summed E-state index contributed by atoms with van der Waals surface area (Å²) in [5.41, 5.74) is 0. The molecule has 1 unspecified atom stereocenters. The lowest BCUT2D eigenvalue weighted by Crippen LogP contribution is -2.30. The van der Waals surface area contributed by atoms with Gasteiger partial charge in [0.25, 0.3) is 0 Å². The van der Waals surface area contributed by atoms with Crippen LogP contribution >= 0.6 is 0 Å². The van der Waals surface area contributed by atoms with Crippen LogP contribution in [0.5, 0.6) is 0 Å². The van der Waals surface area contributed by atoms with Crippen molar-refractivity contribution >= 4 is 11.9 Å². The maximum Gasteiger partial charge on any atom is 0.306 e. The number of ether oxygens (including phenoxy) is 3. The fraction of sp³-hybridized carbons (Fsp3) is 0.843. The molecule has 0 heterocycles. The van der Waals surface area contributed by atoms with Crippen molar-refractivity contribution in [3.05, 3.63) is 36.5 Å². The van der Waals surface area contributed by atoms with Gasteiger partial charge in [-0.2, -0.15) is 0 Å². The molecule has 0 aliphatic heterocycles. The molecule has 0 aromatic heterocycles. The van der Waals surface area contributed by atoms with Crippen molar-refractivity contribution in [1.82, 2.24) is 0 Å². The second-order valence-electron chi connectivity index (χ2n) is 16.4. The number of carbonyl (C=O) groups is 2. The Kier molecular flexibility index (Phi) is 45.9. The number of rotatable bonds is 45. The van der Waals surface area contributed by atoms with Gasteiger partial charge in [0.1, 0.15) is 6.61 Å². The summed E-state index contributed by atoms with van der Waals surface area (Å²) in [6.07, 6.45) is 55.9. The van der Waals surface area contributed by atoms with Crippen molar-refractivity contribution in [2.45, 2.75) is 258 Å². The molecule has 0 bridgehead atoms. The van der Waals surface area contributed by atoms with E-state index in [0.29, 0.717) is 19.4 Å². The summed E-state index contributed by atoms with van der Waals surface area (Å²) in [6, 6.07) is 0. The average molecular weight is 787 g/mol. The highest BCUT2D eigenvalue weighted by molar-refractivity contribution is 5.70. The topological polar surface area (TPSA) is 61.8 Å². The second-order valence-corrected chi connectivity index (χ2v) is 16.4. The molecule has 0 saturated carbocycles. The van der Waals surface area contributed by atoms with E-state index in [-0.39, 0.29) is 25.2 Å². The van der Waals surface area contributed by atoms with Crippen LogP contribution in [0.2, 0.25) is 0 Å². The molecule has 0 amide bonds. The SMILES string of the molecule is CCC/C=C\C/C=C\CCCCCCCCOCC(COC(=O)CCCCCCCCCCC/C=C\CCCCCCCC)OC(=O)CCCCCCCCC. The van der Waals surface area contributed by atoms with Crippen LogP contribution < -0.4 is 0 Å². The Hall–Kier alpha value is -1.88. The molecule has 5 heteroatoms. The highest BCUT2D eigenvalue weighted by Gasteiger charge is 2.17. The van der Waals surface area contributed by atoms with E-state index in [1.165, 1.54) is 173 Å². The lowest BCUT2D eigenvalue weighted by atomic mass is 10.1. The van der Waals surface area contributed by atoms with Gasteiger partial charge < -0.3 is 14.2 Å². The maximum absolute atomic E-state index is 12.6. The molecule has 1 atom stereocenters. The van der Waals surface area contributed by atoms with Crippen molar-refractivity contribution in [1.29, 1.82) is 0 Å². The first-order valence-electron chi connectivity index (χ1n) is 24.5. The van der Waals surface area contributed by atoms with Crippen LogP contribution in [-0.4, -0.2) is 37.9 Å². The van der Waals surface area contributed by atoms with Gasteiger partial charge in [-0.1, -0.05) is 205 Å². The molecule has 0 aromatic rings. The molecular formula is C51H94O5. The summed E-state index contributed by atoms with van der Waals surface area (Å²) < 4.78 is 17.3. The molecule has 0 N–H and O–H groups in total. The molecular weight excluding hydrogens is 693 g/mol. The van der Waals surface area contributed by atoms with Gasteiger partial charge in [-0.25, -0.2) is 0 Å². The van der Waals surface area contributed by atoms with Gasteiger partial charge in [0.05, 0.1) is 6.61 Å². The Morgan fingerprint density at radius 2 is 0.786 bits per heavy atom. The van der Waals surface area contributed by atoms with E-state index in [0.717, 1.165) is 44.9 Å². The Balaban J connectivity index is 4.09. The zero-order valence-corrected chi connectivity index (χ0v) is 37.7. The molecule has 0 saturated heterocycles. The molecule has 0 rings (SSSR count). The molecule has 0 aromatic carbocycles. The fourth-order valence-corrected chi connectivity index (χ4v) is 6.95. The Morgan fingerprint density at radius 1 is 0.393 bits per heavy atom. The van der Waals surface area contributed by atoms with Crippen LogP contribution in [0.15, 0.2) is 36.5 Å². The Bertz CT molecular complexity index is 893. The number of hydrogen-bond acceptors (Lipinski definition) is 5. The molecule has 0 radical (unpaired) electrons. The lowest BCUT2D eigenvalue weighted by Gasteiger charge is -2.18. The summed E-state index contributed by atoms with van der Waals surface area (Å²) in [6.45, 7) is 7.73.